The number of aryl methyl sites for hydroxylation is 1. The van der Waals surface area contributed by atoms with Crippen molar-refractivity contribution in [2.45, 2.75) is 37.9 Å². The third kappa shape index (κ3) is 4.77. The summed E-state index contributed by atoms with van der Waals surface area (Å²) in [5.74, 6) is 0. The minimum Gasteiger partial charge on any atom is -0.228 e. The topological polar surface area (TPSA) is 60.2 Å². The summed E-state index contributed by atoms with van der Waals surface area (Å²) in [7, 11) is -3.35. The Kier molecular flexibility index (Phi) is 4.96. The van der Waals surface area contributed by atoms with Crippen LogP contribution in [0.2, 0.25) is 0 Å². The van der Waals surface area contributed by atoms with Crippen LogP contribution in [0.4, 0.5) is 0 Å². The number of rotatable bonds is 6. The van der Waals surface area contributed by atoms with Gasteiger partial charge in [-0.05, 0) is 31.7 Å². The summed E-state index contributed by atoms with van der Waals surface area (Å²) in [6.07, 6.45) is 3.54. The zero-order valence-electron chi connectivity index (χ0n) is 9.59. The largest absolute Gasteiger partial charge is 0.228 e. The Morgan fingerprint density at radius 1 is 1.19 bits per heavy atom. The molecule has 0 saturated carbocycles. The maximum absolute atomic E-state index is 11.0. The Hall–Kier alpha value is -0.870. The van der Waals surface area contributed by atoms with E-state index in [-0.39, 0.29) is 0 Å². The lowest BCUT2D eigenvalue weighted by Crippen LogP contribution is -2.25. The van der Waals surface area contributed by atoms with E-state index in [1.165, 1.54) is 5.56 Å². The summed E-state index contributed by atoms with van der Waals surface area (Å²) >= 11 is 0. The molecule has 0 aromatic heterocycles. The highest BCUT2D eigenvalue weighted by Crippen LogP contribution is 2.10. The van der Waals surface area contributed by atoms with E-state index >= 15 is 0 Å². The second kappa shape index (κ2) is 6.01. The number of hydrogen-bond donors (Lipinski definition) is 1. The highest BCUT2D eigenvalue weighted by molar-refractivity contribution is 7.89. The quantitative estimate of drug-likeness (QED) is 0.775. The van der Waals surface area contributed by atoms with Crippen molar-refractivity contribution in [3.63, 3.8) is 0 Å². The molecule has 4 heteroatoms. The van der Waals surface area contributed by atoms with Crippen LogP contribution in [0.3, 0.4) is 0 Å². The third-order valence-corrected chi connectivity index (χ3v) is 4.09. The van der Waals surface area contributed by atoms with Gasteiger partial charge in [-0.1, -0.05) is 36.8 Å². The standard InChI is InChI=1S/C12H19NO2S/c1-11(16(13,14)15)7-5-6-10-12-8-3-2-4-9-12/h2-4,8-9,11H,5-7,10H2,1H3,(H2,13,14,15). The molecule has 0 bridgehead atoms. The Morgan fingerprint density at radius 3 is 2.38 bits per heavy atom. The van der Waals surface area contributed by atoms with Crippen LogP contribution in [0.5, 0.6) is 0 Å². The van der Waals surface area contributed by atoms with Crippen molar-refractivity contribution >= 4 is 10.0 Å². The van der Waals surface area contributed by atoms with Gasteiger partial charge >= 0.3 is 0 Å². The van der Waals surface area contributed by atoms with Crippen LogP contribution in [-0.4, -0.2) is 13.7 Å². The average molecular weight is 241 g/mol. The van der Waals surface area contributed by atoms with E-state index in [2.05, 4.69) is 12.1 Å². The molecule has 16 heavy (non-hydrogen) atoms. The van der Waals surface area contributed by atoms with Gasteiger partial charge in [-0.2, -0.15) is 0 Å². The van der Waals surface area contributed by atoms with Crippen molar-refractivity contribution in [2.24, 2.45) is 5.14 Å². The van der Waals surface area contributed by atoms with Crippen LogP contribution in [0.25, 0.3) is 0 Å². The van der Waals surface area contributed by atoms with Gasteiger partial charge in [-0.3, -0.25) is 0 Å². The monoisotopic (exact) mass is 241 g/mol. The first kappa shape index (κ1) is 13.2. The molecule has 0 spiro atoms. The molecule has 1 aromatic carbocycles. The fraction of sp³-hybridized carbons (Fsp3) is 0.500. The summed E-state index contributed by atoms with van der Waals surface area (Å²) in [6, 6.07) is 10.2. The van der Waals surface area contributed by atoms with Crippen molar-refractivity contribution in [2.75, 3.05) is 0 Å². The lowest BCUT2D eigenvalue weighted by Gasteiger charge is -2.08. The van der Waals surface area contributed by atoms with Crippen molar-refractivity contribution < 1.29 is 8.42 Å². The molecular weight excluding hydrogens is 222 g/mol. The normalized spacial score (nSPS) is 13.6. The molecule has 1 rings (SSSR count). The summed E-state index contributed by atoms with van der Waals surface area (Å²) in [6.45, 7) is 1.66. The number of sulfonamides is 1. The molecule has 0 heterocycles. The Bertz CT molecular complexity index is 400. The fourth-order valence-electron chi connectivity index (χ4n) is 1.57. The maximum Gasteiger partial charge on any atom is 0.211 e. The van der Waals surface area contributed by atoms with Crippen molar-refractivity contribution in [1.29, 1.82) is 0 Å². The number of primary sulfonamides is 1. The molecule has 3 nitrogen and oxygen atoms in total. The zero-order valence-corrected chi connectivity index (χ0v) is 10.4. The predicted octanol–water partition coefficient (Wildman–Crippen LogP) is 2.08. The van der Waals surface area contributed by atoms with E-state index in [1.807, 2.05) is 18.2 Å². The van der Waals surface area contributed by atoms with Gasteiger partial charge in [0.2, 0.25) is 10.0 Å². The lowest BCUT2D eigenvalue weighted by molar-refractivity contribution is 0.570. The predicted molar refractivity (Wildman–Crippen MR) is 66.6 cm³/mol. The van der Waals surface area contributed by atoms with Crippen LogP contribution in [0.15, 0.2) is 30.3 Å². The molecule has 90 valence electrons. The summed E-state index contributed by atoms with van der Waals surface area (Å²) in [5.41, 5.74) is 1.30. The summed E-state index contributed by atoms with van der Waals surface area (Å²) in [4.78, 5) is 0. The molecule has 2 N–H and O–H groups in total. The minimum atomic E-state index is -3.35. The molecular formula is C12H19NO2S. The molecule has 0 aliphatic carbocycles. The average Bonchev–Trinajstić information content (AvgIpc) is 2.24. The molecule has 0 aliphatic rings. The molecule has 1 unspecified atom stereocenters. The molecule has 0 fully saturated rings. The Morgan fingerprint density at radius 2 is 1.81 bits per heavy atom. The summed E-state index contributed by atoms with van der Waals surface area (Å²) in [5, 5.41) is 4.62. The van der Waals surface area contributed by atoms with Gasteiger partial charge in [0.25, 0.3) is 0 Å². The Balaban J connectivity index is 2.23. The van der Waals surface area contributed by atoms with Gasteiger partial charge in [-0.15, -0.1) is 0 Å². The number of unbranched alkanes of at least 4 members (excludes halogenated alkanes) is 1. The van der Waals surface area contributed by atoms with Crippen LogP contribution < -0.4 is 5.14 Å². The lowest BCUT2D eigenvalue weighted by atomic mass is 10.1. The smallest absolute Gasteiger partial charge is 0.211 e. The molecule has 0 saturated heterocycles. The van der Waals surface area contributed by atoms with Gasteiger partial charge in [0.15, 0.2) is 0 Å². The third-order valence-electron chi connectivity index (χ3n) is 2.73. The van der Waals surface area contributed by atoms with E-state index in [9.17, 15) is 8.42 Å². The van der Waals surface area contributed by atoms with Crippen LogP contribution in [0, 0.1) is 0 Å². The second-order valence-corrected chi connectivity index (χ2v) is 6.11. The van der Waals surface area contributed by atoms with Gasteiger partial charge < -0.3 is 0 Å². The van der Waals surface area contributed by atoms with Crippen molar-refractivity contribution in [1.82, 2.24) is 0 Å². The highest BCUT2D eigenvalue weighted by atomic mass is 32.2. The van der Waals surface area contributed by atoms with E-state index < -0.39 is 15.3 Å². The van der Waals surface area contributed by atoms with Crippen LogP contribution in [-0.2, 0) is 16.4 Å². The fourth-order valence-corrected chi connectivity index (χ4v) is 2.07. The second-order valence-electron chi connectivity index (χ2n) is 4.13. The van der Waals surface area contributed by atoms with Crippen molar-refractivity contribution in [3.8, 4) is 0 Å². The molecule has 1 aromatic rings. The van der Waals surface area contributed by atoms with Gasteiger partial charge in [-0.25, -0.2) is 13.6 Å². The SMILES string of the molecule is CC(CCCCc1ccccc1)S(N)(=O)=O. The highest BCUT2D eigenvalue weighted by Gasteiger charge is 2.14. The molecule has 0 amide bonds. The number of hydrogen-bond acceptors (Lipinski definition) is 2. The maximum atomic E-state index is 11.0. The Labute approximate surface area is 97.7 Å². The van der Waals surface area contributed by atoms with Crippen molar-refractivity contribution in [3.05, 3.63) is 35.9 Å². The first-order chi connectivity index (χ1) is 7.50. The number of nitrogens with two attached hydrogens (primary N) is 1. The van der Waals surface area contributed by atoms with Gasteiger partial charge in [0, 0.05) is 0 Å². The van der Waals surface area contributed by atoms with Gasteiger partial charge in [0.1, 0.15) is 0 Å². The van der Waals surface area contributed by atoms with E-state index in [1.54, 1.807) is 6.92 Å². The van der Waals surface area contributed by atoms with E-state index in [0.717, 1.165) is 19.3 Å². The molecule has 0 aliphatic heterocycles. The van der Waals surface area contributed by atoms with E-state index in [4.69, 9.17) is 5.14 Å². The number of benzene rings is 1. The summed E-state index contributed by atoms with van der Waals surface area (Å²) < 4.78 is 21.9. The molecule has 0 radical (unpaired) electrons. The zero-order chi connectivity index (χ0) is 12.0. The first-order valence-corrected chi connectivity index (χ1v) is 7.16. The van der Waals surface area contributed by atoms with E-state index in [0.29, 0.717) is 6.42 Å². The van der Waals surface area contributed by atoms with Gasteiger partial charge in [0.05, 0.1) is 5.25 Å². The van der Waals surface area contributed by atoms with Crippen LogP contribution in [0.1, 0.15) is 31.7 Å². The van der Waals surface area contributed by atoms with Crippen LogP contribution >= 0.6 is 0 Å². The minimum absolute atomic E-state index is 0.428. The molecule has 1 atom stereocenters. The first-order valence-electron chi connectivity index (χ1n) is 5.55.